The van der Waals surface area contributed by atoms with E-state index in [1.54, 1.807) is 24.3 Å². The van der Waals surface area contributed by atoms with Gasteiger partial charge in [0.15, 0.2) is 0 Å². The van der Waals surface area contributed by atoms with Gasteiger partial charge in [-0.1, -0.05) is 24.3 Å². The highest BCUT2D eigenvalue weighted by molar-refractivity contribution is 8.00. The number of alkyl halides is 3. The molecule has 21 heavy (non-hydrogen) atoms. The third-order valence-electron chi connectivity index (χ3n) is 2.70. The fourth-order valence-electron chi connectivity index (χ4n) is 1.81. The number of halogens is 4. The van der Waals surface area contributed by atoms with Gasteiger partial charge in [0.05, 0.1) is 0 Å². The average Bonchev–Trinajstić information content (AvgIpc) is 2.39. The zero-order chi connectivity index (χ0) is 15.3. The molecule has 112 valence electrons. The van der Waals surface area contributed by atoms with Crippen LogP contribution in [0.15, 0.2) is 53.4 Å². The first-order valence-electron chi connectivity index (χ1n) is 6.22. The number of benzene rings is 2. The van der Waals surface area contributed by atoms with Crippen molar-refractivity contribution >= 4 is 11.8 Å². The average molecular weight is 315 g/mol. The summed E-state index contributed by atoms with van der Waals surface area (Å²) in [7, 11) is 0. The van der Waals surface area contributed by atoms with Gasteiger partial charge in [0, 0.05) is 18.0 Å². The smallest absolute Gasteiger partial charge is 0.309 e. The van der Waals surface area contributed by atoms with Crippen molar-refractivity contribution in [2.45, 2.75) is 23.5 Å². The molecule has 0 radical (unpaired) electrons. The molecule has 2 aromatic carbocycles. The van der Waals surface area contributed by atoms with Gasteiger partial charge in [-0.3, -0.25) is 0 Å². The predicted octanol–water partition coefficient (Wildman–Crippen LogP) is 4.73. The predicted molar refractivity (Wildman–Crippen MR) is 75.3 cm³/mol. The maximum absolute atomic E-state index is 13.0. The standard InChI is InChI=1S/C15H13F4NS/c16-13-3-1-2-12(8-13)10-20-9-11-4-6-14(7-5-11)21-15(17,18)19/h1-8,20H,9-10H2. The van der Waals surface area contributed by atoms with Gasteiger partial charge in [-0.25, -0.2) is 4.39 Å². The SMILES string of the molecule is Fc1cccc(CNCc2ccc(SC(F)(F)F)cc2)c1. The second-order valence-electron chi connectivity index (χ2n) is 4.43. The van der Waals surface area contributed by atoms with E-state index < -0.39 is 5.51 Å². The summed E-state index contributed by atoms with van der Waals surface area (Å²) in [6.45, 7) is 1.00. The van der Waals surface area contributed by atoms with Crippen LogP contribution >= 0.6 is 11.8 Å². The van der Waals surface area contributed by atoms with Crippen LogP contribution in [0.25, 0.3) is 0 Å². The van der Waals surface area contributed by atoms with E-state index in [0.717, 1.165) is 11.1 Å². The van der Waals surface area contributed by atoms with Crippen LogP contribution in [0.2, 0.25) is 0 Å². The van der Waals surface area contributed by atoms with E-state index in [1.165, 1.54) is 24.3 Å². The third-order valence-corrected chi connectivity index (χ3v) is 3.44. The van der Waals surface area contributed by atoms with E-state index >= 15 is 0 Å². The number of hydrogen-bond donors (Lipinski definition) is 1. The van der Waals surface area contributed by atoms with Crippen molar-refractivity contribution in [3.8, 4) is 0 Å². The monoisotopic (exact) mass is 315 g/mol. The lowest BCUT2D eigenvalue weighted by Crippen LogP contribution is -2.12. The van der Waals surface area contributed by atoms with Crippen molar-refractivity contribution in [2.24, 2.45) is 0 Å². The second-order valence-corrected chi connectivity index (χ2v) is 5.56. The molecular formula is C15H13F4NS. The van der Waals surface area contributed by atoms with Gasteiger partial charge >= 0.3 is 5.51 Å². The van der Waals surface area contributed by atoms with Gasteiger partial charge in [-0.05, 0) is 47.2 Å². The second kappa shape index (κ2) is 6.95. The number of thioether (sulfide) groups is 1. The molecule has 0 heterocycles. The van der Waals surface area contributed by atoms with Crippen molar-refractivity contribution in [1.82, 2.24) is 5.32 Å². The zero-order valence-corrected chi connectivity index (χ0v) is 11.8. The van der Waals surface area contributed by atoms with Crippen molar-refractivity contribution < 1.29 is 17.6 Å². The van der Waals surface area contributed by atoms with Crippen LogP contribution in [0.1, 0.15) is 11.1 Å². The van der Waals surface area contributed by atoms with Gasteiger partial charge in [-0.15, -0.1) is 0 Å². The van der Waals surface area contributed by atoms with E-state index in [0.29, 0.717) is 13.1 Å². The summed E-state index contributed by atoms with van der Waals surface area (Å²) in [5, 5.41) is 3.12. The lowest BCUT2D eigenvalue weighted by atomic mass is 10.2. The quantitative estimate of drug-likeness (QED) is 0.632. The van der Waals surface area contributed by atoms with Gasteiger partial charge in [0.1, 0.15) is 5.82 Å². The minimum atomic E-state index is -4.27. The third kappa shape index (κ3) is 5.77. The lowest BCUT2D eigenvalue weighted by molar-refractivity contribution is -0.0328. The highest BCUT2D eigenvalue weighted by atomic mass is 32.2. The first-order chi connectivity index (χ1) is 9.92. The summed E-state index contributed by atoms with van der Waals surface area (Å²) in [5.74, 6) is -0.289. The van der Waals surface area contributed by atoms with Crippen LogP contribution in [0.4, 0.5) is 17.6 Å². The summed E-state index contributed by atoms with van der Waals surface area (Å²) in [4.78, 5) is 0.163. The van der Waals surface area contributed by atoms with E-state index in [2.05, 4.69) is 5.32 Å². The van der Waals surface area contributed by atoms with Crippen LogP contribution in [-0.4, -0.2) is 5.51 Å². The van der Waals surface area contributed by atoms with E-state index in [1.807, 2.05) is 0 Å². The lowest BCUT2D eigenvalue weighted by Gasteiger charge is -2.08. The molecule has 0 saturated carbocycles. The topological polar surface area (TPSA) is 12.0 Å². The van der Waals surface area contributed by atoms with Gasteiger partial charge < -0.3 is 5.32 Å². The van der Waals surface area contributed by atoms with Gasteiger partial charge in [0.25, 0.3) is 0 Å². The molecule has 1 nitrogen and oxygen atoms in total. The minimum absolute atomic E-state index is 0.130. The van der Waals surface area contributed by atoms with Crippen LogP contribution < -0.4 is 5.32 Å². The summed E-state index contributed by atoms with van der Waals surface area (Å²) in [6.07, 6.45) is 0. The minimum Gasteiger partial charge on any atom is -0.309 e. The summed E-state index contributed by atoms with van der Waals surface area (Å²) < 4.78 is 49.5. The van der Waals surface area contributed by atoms with Crippen LogP contribution in [0.5, 0.6) is 0 Å². The molecular weight excluding hydrogens is 302 g/mol. The molecule has 1 N–H and O–H groups in total. The maximum atomic E-state index is 13.0. The molecule has 0 fully saturated rings. The largest absolute Gasteiger partial charge is 0.446 e. The van der Waals surface area contributed by atoms with Gasteiger partial charge in [0.2, 0.25) is 0 Å². The Morgan fingerprint density at radius 2 is 1.57 bits per heavy atom. The number of rotatable bonds is 5. The van der Waals surface area contributed by atoms with E-state index in [-0.39, 0.29) is 22.5 Å². The van der Waals surface area contributed by atoms with Gasteiger partial charge in [-0.2, -0.15) is 13.2 Å². The molecule has 0 aliphatic rings. The molecule has 2 rings (SSSR count). The summed E-state index contributed by atoms with van der Waals surface area (Å²) in [6, 6.07) is 12.4. The molecule has 0 amide bonds. The van der Waals surface area contributed by atoms with E-state index in [9.17, 15) is 17.6 Å². The highest BCUT2D eigenvalue weighted by Crippen LogP contribution is 2.36. The fourth-order valence-corrected chi connectivity index (χ4v) is 2.35. The fraction of sp³-hybridized carbons (Fsp3) is 0.200. The van der Waals surface area contributed by atoms with Crippen LogP contribution in [-0.2, 0) is 13.1 Å². The molecule has 0 spiro atoms. The molecule has 6 heteroatoms. The Morgan fingerprint density at radius 3 is 2.19 bits per heavy atom. The molecule has 0 atom stereocenters. The number of hydrogen-bond acceptors (Lipinski definition) is 2. The number of nitrogens with one attached hydrogen (secondary N) is 1. The Kier molecular flexibility index (Phi) is 5.25. The maximum Gasteiger partial charge on any atom is 0.446 e. The highest BCUT2D eigenvalue weighted by Gasteiger charge is 2.28. The molecule has 0 unspecified atom stereocenters. The molecule has 2 aromatic rings. The van der Waals surface area contributed by atoms with Crippen molar-refractivity contribution in [1.29, 1.82) is 0 Å². The van der Waals surface area contributed by atoms with Crippen molar-refractivity contribution in [3.05, 3.63) is 65.5 Å². The Labute approximate surface area is 124 Å². The molecule has 0 aliphatic carbocycles. The Bertz CT molecular complexity index is 581. The van der Waals surface area contributed by atoms with E-state index in [4.69, 9.17) is 0 Å². The summed E-state index contributed by atoms with van der Waals surface area (Å²) >= 11 is -0.130. The Hall–Kier alpha value is -1.53. The molecule has 0 aliphatic heterocycles. The first kappa shape index (κ1) is 15.9. The first-order valence-corrected chi connectivity index (χ1v) is 7.04. The summed E-state index contributed by atoms with van der Waals surface area (Å²) in [5.41, 5.74) is -2.57. The normalized spacial score (nSPS) is 11.6. The van der Waals surface area contributed by atoms with Crippen molar-refractivity contribution in [2.75, 3.05) is 0 Å². The van der Waals surface area contributed by atoms with Crippen LogP contribution in [0, 0.1) is 5.82 Å². The Morgan fingerprint density at radius 1 is 0.905 bits per heavy atom. The zero-order valence-electron chi connectivity index (χ0n) is 11.0. The van der Waals surface area contributed by atoms with Crippen molar-refractivity contribution in [3.63, 3.8) is 0 Å². The molecule has 0 bridgehead atoms. The molecule has 0 aromatic heterocycles. The van der Waals surface area contributed by atoms with Crippen LogP contribution in [0.3, 0.4) is 0 Å². The molecule has 0 saturated heterocycles. The Balaban J connectivity index is 1.84.